The van der Waals surface area contributed by atoms with Gasteiger partial charge in [0.1, 0.15) is 5.82 Å². The molecule has 4 aromatic rings. The van der Waals surface area contributed by atoms with Crippen molar-refractivity contribution in [2.24, 2.45) is 0 Å². The highest BCUT2D eigenvalue weighted by atomic mass is 32.2. The zero-order chi connectivity index (χ0) is 18.6. The molecule has 0 spiro atoms. The molecule has 0 saturated carbocycles. The van der Waals surface area contributed by atoms with E-state index in [1.807, 2.05) is 60.9 Å². The predicted octanol–water partition coefficient (Wildman–Crippen LogP) is 4.67. The maximum absolute atomic E-state index is 12.9. The largest absolute Gasteiger partial charge is 0.306 e. The van der Waals surface area contributed by atoms with Crippen LogP contribution >= 0.6 is 11.8 Å². The van der Waals surface area contributed by atoms with Gasteiger partial charge in [-0.15, -0.1) is 0 Å². The standard InChI is InChI=1S/C21H16N4OS/c1-27-21-23-18(14-7-3-2-4-8-14)11-19(25-21)24-20(26)17-13-22-12-15-9-5-6-10-16(15)17/h2-13H,1H3,(H,23,24,25,26). The Morgan fingerprint density at radius 1 is 0.963 bits per heavy atom. The van der Waals surface area contributed by atoms with Crippen LogP contribution in [0.25, 0.3) is 22.0 Å². The van der Waals surface area contributed by atoms with Gasteiger partial charge in [0, 0.05) is 29.4 Å². The van der Waals surface area contributed by atoms with Crippen LogP contribution in [-0.4, -0.2) is 27.1 Å². The molecule has 2 heterocycles. The van der Waals surface area contributed by atoms with Crippen molar-refractivity contribution in [2.45, 2.75) is 5.16 Å². The van der Waals surface area contributed by atoms with Crippen molar-refractivity contribution >= 4 is 34.3 Å². The second-order valence-corrected chi connectivity index (χ2v) is 6.63. The van der Waals surface area contributed by atoms with Crippen LogP contribution in [0.4, 0.5) is 5.82 Å². The second-order valence-electron chi connectivity index (χ2n) is 5.85. The molecule has 0 aliphatic carbocycles. The molecule has 6 heteroatoms. The van der Waals surface area contributed by atoms with Crippen LogP contribution < -0.4 is 5.32 Å². The molecule has 0 unspecified atom stereocenters. The Morgan fingerprint density at radius 2 is 1.74 bits per heavy atom. The molecule has 4 rings (SSSR count). The Balaban J connectivity index is 1.70. The lowest BCUT2D eigenvalue weighted by Gasteiger charge is -2.10. The van der Waals surface area contributed by atoms with Crippen LogP contribution in [0.5, 0.6) is 0 Å². The molecule has 0 radical (unpaired) electrons. The molecular weight excluding hydrogens is 356 g/mol. The molecule has 0 bridgehead atoms. The Kier molecular flexibility index (Phi) is 4.80. The summed E-state index contributed by atoms with van der Waals surface area (Å²) < 4.78 is 0. The van der Waals surface area contributed by atoms with Gasteiger partial charge in [-0.05, 0) is 11.6 Å². The van der Waals surface area contributed by atoms with Crippen molar-refractivity contribution in [1.82, 2.24) is 15.0 Å². The summed E-state index contributed by atoms with van der Waals surface area (Å²) in [5, 5.41) is 5.26. The fourth-order valence-corrected chi connectivity index (χ4v) is 3.20. The van der Waals surface area contributed by atoms with E-state index in [2.05, 4.69) is 20.3 Å². The summed E-state index contributed by atoms with van der Waals surface area (Å²) in [6.45, 7) is 0. The van der Waals surface area contributed by atoms with Gasteiger partial charge in [0.05, 0.1) is 11.3 Å². The van der Waals surface area contributed by atoms with E-state index in [0.29, 0.717) is 16.5 Å². The predicted molar refractivity (Wildman–Crippen MR) is 109 cm³/mol. The lowest BCUT2D eigenvalue weighted by molar-refractivity contribution is 0.102. The van der Waals surface area contributed by atoms with Crippen LogP contribution in [0.1, 0.15) is 10.4 Å². The fourth-order valence-electron chi connectivity index (χ4n) is 2.82. The van der Waals surface area contributed by atoms with Crippen molar-refractivity contribution < 1.29 is 4.79 Å². The van der Waals surface area contributed by atoms with Gasteiger partial charge in [0.25, 0.3) is 5.91 Å². The van der Waals surface area contributed by atoms with Crippen LogP contribution in [0.2, 0.25) is 0 Å². The number of thioether (sulfide) groups is 1. The van der Waals surface area contributed by atoms with Crippen molar-refractivity contribution in [3.63, 3.8) is 0 Å². The lowest BCUT2D eigenvalue weighted by Crippen LogP contribution is -2.14. The molecule has 0 atom stereocenters. The van der Waals surface area contributed by atoms with E-state index in [4.69, 9.17) is 0 Å². The van der Waals surface area contributed by atoms with Gasteiger partial charge in [0.2, 0.25) is 0 Å². The number of carbonyl (C=O) groups is 1. The van der Waals surface area contributed by atoms with E-state index >= 15 is 0 Å². The zero-order valence-electron chi connectivity index (χ0n) is 14.6. The summed E-state index contributed by atoms with van der Waals surface area (Å²) in [4.78, 5) is 26.0. The maximum atomic E-state index is 12.9. The number of amides is 1. The number of hydrogen-bond acceptors (Lipinski definition) is 5. The third-order valence-electron chi connectivity index (χ3n) is 4.11. The summed E-state index contributed by atoms with van der Waals surface area (Å²) in [6.07, 6.45) is 5.23. The van der Waals surface area contributed by atoms with Gasteiger partial charge in [-0.2, -0.15) is 0 Å². The van der Waals surface area contributed by atoms with Crippen molar-refractivity contribution in [2.75, 3.05) is 11.6 Å². The van der Waals surface area contributed by atoms with Crippen molar-refractivity contribution in [3.8, 4) is 11.3 Å². The summed E-state index contributed by atoms with van der Waals surface area (Å²) >= 11 is 1.43. The molecule has 5 nitrogen and oxygen atoms in total. The number of nitrogens with one attached hydrogen (secondary N) is 1. The van der Waals surface area contributed by atoms with E-state index in [9.17, 15) is 4.79 Å². The van der Waals surface area contributed by atoms with Gasteiger partial charge in [-0.1, -0.05) is 66.4 Å². The highest BCUT2D eigenvalue weighted by Crippen LogP contribution is 2.24. The number of anilines is 1. The summed E-state index contributed by atoms with van der Waals surface area (Å²) in [5.74, 6) is 0.218. The average molecular weight is 372 g/mol. The Hall–Kier alpha value is -3.25. The van der Waals surface area contributed by atoms with E-state index in [0.717, 1.165) is 22.0 Å². The molecular formula is C21H16N4OS. The van der Waals surface area contributed by atoms with E-state index in [1.54, 1.807) is 18.5 Å². The smallest absolute Gasteiger partial charge is 0.259 e. The third kappa shape index (κ3) is 3.66. The zero-order valence-corrected chi connectivity index (χ0v) is 15.4. The van der Waals surface area contributed by atoms with Crippen LogP contribution in [0.15, 0.2) is 78.2 Å². The molecule has 1 N–H and O–H groups in total. The molecule has 2 aromatic heterocycles. The maximum Gasteiger partial charge on any atom is 0.259 e. The molecule has 0 saturated heterocycles. The fraction of sp³-hybridized carbons (Fsp3) is 0.0476. The number of carbonyl (C=O) groups excluding carboxylic acids is 1. The number of benzene rings is 2. The number of nitrogens with zero attached hydrogens (tertiary/aromatic N) is 3. The number of fused-ring (bicyclic) bond motifs is 1. The quantitative estimate of drug-likeness (QED) is 0.417. The molecule has 0 aliphatic heterocycles. The van der Waals surface area contributed by atoms with Gasteiger partial charge in [0.15, 0.2) is 5.16 Å². The summed E-state index contributed by atoms with van der Waals surface area (Å²) in [5.41, 5.74) is 2.25. The number of rotatable bonds is 4. The monoisotopic (exact) mass is 372 g/mol. The molecule has 132 valence electrons. The molecule has 0 fully saturated rings. The van der Waals surface area contributed by atoms with Crippen LogP contribution in [0, 0.1) is 0 Å². The minimum Gasteiger partial charge on any atom is -0.306 e. The van der Waals surface area contributed by atoms with Gasteiger partial charge in [-0.3, -0.25) is 9.78 Å². The SMILES string of the molecule is CSc1nc(NC(=O)c2cncc3ccccc23)cc(-c2ccccc2)n1. The first kappa shape index (κ1) is 17.2. The van der Waals surface area contributed by atoms with Crippen molar-refractivity contribution in [1.29, 1.82) is 0 Å². The minimum absolute atomic E-state index is 0.246. The van der Waals surface area contributed by atoms with Crippen LogP contribution in [-0.2, 0) is 0 Å². The topological polar surface area (TPSA) is 67.8 Å². The molecule has 27 heavy (non-hydrogen) atoms. The first-order valence-electron chi connectivity index (χ1n) is 8.37. The summed E-state index contributed by atoms with van der Waals surface area (Å²) in [6, 6.07) is 19.3. The van der Waals surface area contributed by atoms with Gasteiger partial charge < -0.3 is 5.32 Å². The molecule has 1 amide bonds. The minimum atomic E-state index is -0.246. The Morgan fingerprint density at radius 3 is 2.56 bits per heavy atom. The number of pyridine rings is 1. The third-order valence-corrected chi connectivity index (χ3v) is 4.66. The van der Waals surface area contributed by atoms with E-state index < -0.39 is 0 Å². The molecule has 2 aromatic carbocycles. The normalized spacial score (nSPS) is 10.7. The van der Waals surface area contributed by atoms with Gasteiger partial charge in [-0.25, -0.2) is 9.97 Å². The Bertz CT molecular complexity index is 1110. The Labute approximate surface area is 160 Å². The second kappa shape index (κ2) is 7.55. The first-order valence-corrected chi connectivity index (χ1v) is 9.59. The molecule has 0 aliphatic rings. The summed E-state index contributed by atoms with van der Waals surface area (Å²) in [7, 11) is 0. The van der Waals surface area contributed by atoms with Crippen LogP contribution in [0.3, 0.4) is 0 Å². The van der Waals surface area contributed by atoms with E-state index in [1.165, 1.54) is 11.8 Å². The van der Waals surface area contributed by atoms with E-state index in [-0.39, 0.29) is 5.91 Å². The van der Waals surface area contributed by atoms with Gasteiger partial charge >= 0.3 is 0 Å². The van der Waals surface area contributed by atoms with Crippen molar-refractivity contribution in [3.05, 3.63) is 78.6 Å². The number of aromatic nitrogens is 3. The highest BCUT2D eigenvalue weighted by molar-refractivity contribution is 7.98. The average Bonchev–Trinajstić information content (AvgIpc) is 2.73. The highest BCUT2D eigenvalue weighted by Gasteiger charge is 2.13. The lowest BCUT2D eigenvalue weighted by atomic mass is 10.1. The number of hydrogen-bond donors (Lipinski definition) is 1. The first-order chi connectivity index (χ1) is 13.2.